The van der Waals surface area contributed by atoms with E-state index in [1.54, 1.807) is 23.1 Å². The summed E-state index contributed by atoms with van der Waals surface area (Å²) < 4.78 is 0. The second kappa shape index (κ2) is 8.22. The quantitative estimate of drug-likeness (QED) is 0.433. The zero-order chi connectivity index (χ0) is 20.3. The topological polar surface area (TPSA) is 84.2 Å². The van der Waals surface area contributed by atoms with Crippen molar-refractivity contribution in [2.24, 2.45) is 0 Å². The van der Waals surface area contributed by atoms with E-state index in [1.165, 1.54) is 6.33 Å². The van der Waals surface area contributed by atoms with Crippen LogP contribution in [0.2, 0.25) is 5.02 Å². The lowest BCUT2D eigenvalue weighted by Crippen LogP contribution is -2.20. The van der Waals surface area contributed by atoms with Crippen molar-refractivity contribution in [3.05, 3.63) is 75.1 Å². The molecule has 0 saturated heterocycles. The molecule has 144 valence electrons. The second-order valence-electron chi connectivity index (χ2n) is 6.27. The van der Waals surface area contributed by atoms with Gasteiger partial charge >= 0.3 is 5.69 Å². The van der Waals surface area contributed by atoms with Gasteiger partial charge in [0.25, 0.3) is 0 Å². The van der Waals surface area contributed by atoms with Crippen LogP contribution in [0, 0.1) is 24.0 Å². The van der Waals surface area contributed by atoms with Crippen molar-refractivity contribution < 1.29 is 4.92 Å². The van der Waals surface area contributed by atoms with Gasteiger partial charge in [0.15, 0.2) is 0 Å². The maximum absolute atomic E-state index is 11.9. The van der Waals surface area contributed by atoms with Crippen molar-refractivity contribution in [3.8, 4) is 0 Å². The Kier molecular flexibility index (Phi) is 5.75. The number of aromatic nitrogens is 2. The summed E-state index contributed by atoms with van der Waals surface area (Å²) in [5.41, 5.74) is 3.13. The van der Waals surface area contributed by atoms with Crippen molar-refractivity contribution in [1.29, 1.82) is 0 Å². The van der Waals surface area contributed by atoms with Crippen molar-refractivity contribution in [1.82, 2.24) is 9.97 Å². The molecule has 0 radical (unpaired) electrons. The molecule has 0 saturated carbocycles. The molecule has 28 heavy (non-hydrogen) atoms. The molecule has 0 fully saturated rings. The van der Waals surface area contributed by atoms with Gasteiger partial charge in [0.05, 0.1) is 4.92 Å². The van der Waals surface area contributed by atoms with E-state index in [0.717, 1.165) is 16.8 Å². The first-order valence-electron chi connectivity index (χ1n) is 8.78. The Bertz CT molecular complexity index is 1030. The monoisotopic (exact) mass is 397 g/mol. The predicted octanol–water partition coefficient (Wildman–Crippen LogP) is 5.56. The molecule has 0 atom stereocenters. The van der Waals surface area contributed by atoms with Crippen LogP contribution in [0.1, 0.15) is 18.1 Å². The Labute approximate surface area is 168 Å². The average molecular weight is 398 g/mol. The molecule has 0 spiro atoms. The third-order valence-electron chi connectivity index (χ3n) is 4.39. The number of nitrogens with one attached hydrogen (secondary N) is 1. The highest BCUT2D eigenvalue weighted by Gasteiger charge is 2.27. The van der Waals surface area contributed by atoms with Crippen molar-refractivity contribution in [3.63, 3.8) is 0 Å². The predicted molar refractivity (Wildman–Crippen MR) is 112 cm³/mol. The lowest BCUT2D eigenvalue weighted by molar-refractivity contribution is -0.383. The lowest BCUT2D eigenvalue weighted by Gasteiger charge is -2.22. The maximum Gasteiger partial charge on any atom is 0.354 e. The Morgan fingerprint density at radius 3 is 2.61 bits per heavy atom. The maximum atomic E-state index is 11.9. The molecule has 3 rings (SSSR count). The summed E-state index contributed by atoms with van der Waals surface area (Å²) in [6.07, 6.45) is 1.32. The fraction of sp³-hybridized carbons (Fsp3) is 0.200. The highest BCUT2D eigenvalue weighted by Crippen LogP contribution is 2.37. The van der Waals surface area contributed by atoms with Crippen molar-refractivity contribution in [2.45, 2.75) is 20.8 Å². The normalized spacial score (nSPS) is 10.6. The molecule has 3 aromatic rings. The number of benzene rings is 2. The molecule has 0 aliphatic heterocycles. The largest absolute Gasteiger partial charge is 0.354 e. The minimum Gasteiger partial charge on any atom is -0.334 e. The van der Waals surface area contributed by atoms with Gasteiger partial charge in [-0.3, -0.25) is 10.1 Å². The Morgan fingerprint density at radius 2 is 1.93 bits per heavy atom. The molecule has 2 aromatic carbocycles. The molecule has 1 heterocycles. The smallest absolute Gasteiger partial charge is 0.334 e. The molecule has 0 amide bonds. The minimum atomic E-state index is -0.462. The first-order valence-corrected chi connectivity index (χ1v) is 9.16. The van der Waals surface area contributed by atoms with Crippen LogP contribution in [0.25, 0.3) is 0 Å². The molecular weight excluding hydrogens is 378 g/mol. The first kappa shape index (κ1) is 19.6. The van der Waals surface area contributed by atoms with Gasteiger partial charge in [0.2, 0.25) is 11.6 Å². The number of nitrogens with zero attached hydrogens (tertiary/aromatic N) is 4. The summed E-state index contributed by atoms with van der Waals surface area (Å²) >= 11 is 6.17. The molecule has 0 bridgehead atoms. The van der Waals surface area contributed by atoms with Gasteiger partial charge < -0.3 is 10.2 Å². The first-order chi connectivity index (χ1) is 13.4. The number of aryl methyl sites for hydroxylation is 1. The molecule has 1 aromatic heterocycles. The average Bonchev–Trinajstić information content (AvgIpc) is 2.66. The molecule has 0 aliphatic carbocycles. The van der Waals surface area contributed by atoms with Crippen LogP contribution in [0.3, 0.4) is 0 Å². The third-order valence-corrected chi connectivity index (χ3v) is 4.80. The molecular formula is C20H20ClN5O2. The number of nitro groups is 1. The molecule has 1 N–H and O–H groups in total. The second-order valence-corrected chi connectivity index (χ2v) is 6.68. The van der Waals surface area contributed by atoms with Gasteiger partial charge in [0.1, 0.15) is 6.33 Å². The van der Waals surface area contributed by atoms with Crippen LogP contribution in [0.4, 0.5) is 28.7 Å². The van der Waals surface area contributed by atoms with Gasteiger partial charge in [0, 0.05) is 22.9 Å². The standard InChI is InChI=1S/C20H20ClN5O2/c1-4-25(15-8-5-7-13(2)11-15)20-18(26(27)28)19(22-12-23-20)24-17-10-6-9-16(21)14(17)3/h5-12H,4H2,1-3H3,(H,22,23,24). The van der Waals surface area contributed by atoms with E-state index in [4.69, 9.17) is 11.6 Å². The van der Waals surface area contributed by atoms with Crippen LogP contribution in [0.5, 0.6) is 0 Å². The summed E-state index contributed by atoms with van der Waals surface area (Å²) in [6, 6.07) is 13.1. The zero-order valence-corrected chi connectivity index (χ0v) is 16.6. The van der Waals surface area contributed by atoms with Gasteiger partial charge in [-0.25, -0.2) is 9.97 Å². The molecule has 7 nitrogen and oxygen atoms in total. The highest BCUT2D eigenvalue weighted by atomic mass is 35.5. The fourth-order valence-corrected chi connectivity index (χ4v) is 3.12. The van der Waals surface area contributed by atoms with E-state index in [1.807, 2.05) is 45.0 Å². The van der Waals surface area contributed by atoms with Gasteiger partial charge in [-0.05, 0) is 56.2 Å². The highest BCUT2D eigenvalue weighted by molar-refractivity contribution is 6.31. The van der Waals surface area contributed by atoms with Crippen LogP contribution < -0.4 is 10.2 Å². The molecule has 0 aliphatic rings. The number of hydrogen-bond acceptors (Lipinski definition) is 6. The van der Waals surface area contributed by atoms with Crippen molar-refractivity contribution in [2.75, 3.05) is 16.8 Å². The lowest BCUT2D eigenvalue weighted by atomic mass is 10.2. The van der Waals surface area contributed by atoms with E-state index >= 15 is 0 Å². The summed E-state index contributed by atoms with van der Waals surface area (Å²) in [7, 11) is 0. The van der Waals surface area contributed by atoms with E-state index in [0.29, 0.717) is 17.3 Å². The summed E-state index contributed by atoms with van der Waals surface area (Å²) in [5, 5.41) is 15.5. The number of hydrogen-bond donors (Lipinski definition) is 1. The summed E-state index contributed by atoms with van der Waals surface area (Å²) in [4.78, 5) is 21.6. The minimum absolute atomic E-state index is 0.117. The Morgan fingerprint density at radius 1 is 1.18 bits per heavy atom. The van der Waals surface area contributed by atoms with Gasteiger partial charge in [-0.1, -0.05) is 29.8 Å². The Hall–Kier alpha value is -3.19. The van der Waals surface area contributed by atoms with E-state index in [9.17, 15) is 10.1 Å². The summed E-state index contributed by atoms with van der Waals surface area (Å²) in [5.74, 6) is 0.349. The number of anilines is 4. The number of rotatable bonds is 6. The summed E-state index contributed by atoms with van der Waals surface area (Å²) in [6.45, 7) is 6.24. The van der Waals surface area contributed by atoms with Crippen LogP contribution in [-0.4, -0.2) is 21.4 Å². The van der Waals surface area contributed by atoms with Crippen LogP contribution in [0.15, 0.2) is 48.8 Å². The van der Waals surface area contributed by atoms with E-state index in [2.05, 4.69) is 15.3 Å². The Balaban J connectivity index is 2.11. The van der Waals surface area contributed by atoms with Gasteiger partial charge in [-0.15, -0.1) is 0 Å². The SMILES string of the molecule is CCN(c1cccc(C)c1)c1ncnc(Nc2cccc(Cl)c2C)c1[N+](=O)[O-]. The zero-order valence-electron chi connectivity index (χ0n) is 15.8. The number of halogens is 1. The van der Waals surface area contributed by atoms with Gasteiger partial charge in [-0.2, -0.15) is 0 Å². The van der Waals surface area contributed by atoms with Crippen LogP contribution >= 0.6 is 11.6 Å². The molecule has 8 heteroatoms. The van der Waals surface area contributed by atoms with Crippen LogP contribution in [-0.2, 0) is 0 Å². The van der Waals surface area contributed by atoms with Crippen molar-refractivity contribution >= 4 is 40.3 Å². The van der Waals surface area contributed by atoms with E-state index in [-0.39, 0.29) is 17.3 Å². The van der Waals surface area contributed by atoms with E-state index < -0.39 is 4.92 Å². The third kappa shape index (κ3) is 3.89. The molecule has 0 unspecified atom stereocenters. The fourth-order valence-electron chi connectivity index (χ4n) is 2.95.